The van der Waals surface area contributed by atoms with E-state index in [-0.39, 0.29) is 38.5 Å². The topological polar surface area (TPSA) is 107 Å². The lowest BCUT2D eigenvalue weighted by Crippen LogP contribution is -2.24. The summed E-state index contributed by atoms with van der Waals surface area (Å²) in [6, 6.07) is 9.14. The van der Waals surface area contributed by atoms with E-state index >= 15 is 0 Å². The number of rotatable bonds is 9. The smallest absolute Gasteiger partial charge is 0.433 e. The van der Waals surface area contributed by atoms with E-state index in [2.05, 4.69) is 15.3 Å². The van der Waals surface area contributed by atoms with Gasteiger partial charge in [-0.15, -0.1) is 11.3 Å². The van der Waals surface area contributed by atoms with E-state index in [4.69, 9.17) is 9.47 Å². The molecule has 1 aromatic carbocycles. The van der Waals surface area contributed by atoms with E-state index in [9.17, 15) is 27.6 Å². The molecular formula is C25H24F3N3O5S2. The number of thiophene rings is 1. The van der Waals surface area contributed by atoms with Crippen molar-refractivity contribution < 1.29 is 37.0 Å². The van der Waals surface area contributed by atoms with Crippen LogP contribution in [0.1, 0.15) is 51.6 Å². The van der Waals surface area contributed by atoms with Gasteiger partial charge in [-0.2, -0.15) is 13.2 Å². The Kier molecular flexibility index (Phi) is 9.50. The number of methoxy groups -OCH3 is 1. The van der Waals surface area contributed by atoms with Gasteiger partial charge in [-0.3, -0.25) is 4.79 Å². The van der Waals surface area contributed by atoms with Crippen LogP contribution in [0.3, 0.4) is 0 Å². The maximum Gasteiger partial charge on any atom is 0.433 e. The Morgan fingerprint density at radius 2 is 1.82 bits per heavy atom. The summed E-state index contributed by atoms with van der Waals surface area (Å²) in [6.07, 6.45) is -4.16. The molecule has 0 fully saturated rings. The van der Waals surface area contributed by atoms with Crippen LogP contribution in [0, 0.1) is 6.92 Å². The number of amides is 1. The predicted molar refractivity (Wildman–Crippen MR) is 137 cm³/mol. The average Bonchev–Trinajstić information content (AvgIpc) is 3.21. The highest BCUT2D eigenvalue weighted by Gasteiger charge is 2.34. The van der Waals surface area contributed by atoms with Gasteiger partial charge in [0.05, 0.1) is 30.2 Å². The molecule has 2 heterocycles. The van der Waals surface area contributed by atoms with Gasteiger partial charge < -0.3 is 14.8 Å². The molecule has 0 unspecified atom stereocenters. The van der Waals surface area contributed by atoms with Gasteiger partial charge in [0.1, 0.15) is 15.6 Å². The molecule has 38 heavy (non-hydrogen) atoms. The molecule has 2 aromatic heterocycles. The van der Waals surface area contributed by atoms with Gasteiger partial charge in [0, 0.05) is 5.56 Å². The zero-order valence-electron chi connectivity index (χ0n) is 20.8. The number of alkyl halides is 3. The first-order valence-corrected chi connectivity index (χ1v) is 13.0. The van der Waals surface area contributed by atoms with Crippen LogP contribution in [0.25, 0.3) is 11.3 Å². The number of nitrogens with one attached hydrogen (secondary N) is 1. The van der Waals surface area contributed by atoms with Gasteiger partial charge >= 0.3 is 18.1 Å². The first-order chi connectivity index (χ1) is 18.0. The van der Waals surface area contributed by atoms with E-state index in [1.807, 2.05) is 6.92 Å². The number of benzene rings is 1. The maximum absolute atomic E-state index is 13.5. The first-order valence-electron chi connectivity index (χ1n) is 11.3. The summed E-state index contributed by atoms with van der Waals surface area (Å²) in [5, 5.41) is 1.44. The van der Waals surface area contributed by atoms with E-state index < -0.39 is 35.0 Å². The summed E-state index contributed by atoms with van der Waals surface area (Å²) in [4.78, 5) is 45.8. The average molecular weight is 568 g/mol. The summed E-state index contributed by atoms with van der Waals surface area (Å²) in [5.41, 5.74) is -0.332. The van der Waals surface area contributed by atoms with Gasteiger partial charge in [0.15, 0.2) is 5.16 Å². The van der Waals surface area contributed by atoms with Crippen LogP contribution in [0.2, 0.25) is 0 Å². The predicted octanol–water partition coefficient (Wildman–Crippen LogP) is 6.01. The van der Waals surface area contributed by atoms with E-state index in [0.717, 1.165) is 29.2 Å². The number of carbonyl (C=O) groups is 3. The number of thioether (sulfide) groups is 1. The Labute approximate surface area is 225 Å². The fourth-order valence-electron chi connectivity index (χ4n) is 3.21. The molecule has 0 bridgehead atoms. The largest absolute Gasteiger partial charge is 0.465 e. The van der Waals surface area contributed by atoms with Crippen molar-refractivity contribution in [3.8, 4) is 11.3 Å². The van der Waals surface area contributed by atoms with Crippen LogP contribution >= 0.6 is 23.1 Å². The Hall–Kier alpha value is -3.45. The van der Waals surface area contributed by atoms with Crippen molar-refractivity contribution in [2.75, 3.05) is 19.0 Å². The molecule has 0 saturated carbocycles. The van der Waals surface area contributed by atoms with Crippen LogP contribution in [0.15, 0.2) is 41.6 Å². The molecule has 0 aliphatic heterocycles. The standard InChI is InChI=1S/C25H24F3N3O5S2/c1-5-11-36-22(33)18-13(2)19(23(34)35-4)38-21(18)31-20(32)14(3)37-24-29-16(15-9-7-6-8-10-15)12-17(30-24)25(26,27)28/h6-10,12,14H,5,11H2,1-4H3,(H,31,32)/t14-/m0/s1. The number of ether oxygens (including phenoxy) is 2. The summed E-state index contributed by atoms with van der Waals surface area (Å²) < 4.78 is 50.5. The first kappa shape index (κ1) is 29.1. The Morgan fingerprint density at radius 3 is 2.42 bits per heavy atom. The van der Waals surface area contributed by atoms with Crippen LogP contribution in [0.5, 0.6) is 0 Å². The molecule has 0 saturated heterocycles. The fraction of sp³-hybridized carbons (Fsp3) is 0.320. The van der Waals surface area contributed by atoms with Gasteiger partial charge in [0.25, 0.3) is 0 Å². The fourth-order valence-corrected chi connectivity index (χ4v) is 5.11. The van der Waals surface area contributed by atoms with Gasteiger partial charge in [-0.25, -0.2) is 19.6 Å². The number of esters is 2. The summed E-state index contributed by atoms with van der Waals surface area (Å²) >= 11 is 1.56. The third-order valence-corrected chi connectivity index (χ3v) is 7.26. The lowest BCUT2D eigenvalue weighted by atomic mass is 10.1. The quantitative estimate of drug-likeness (QED) is 0.190. The monoisotopic (exact) mass is 567 g/mol. The van der Waals surface area contributed by atoms with Crippen molar-refractivity contribution in [2.45, 2.75) is 43.8 Å². The Bertz CT molecular complexity index is 1330. The number of hydrogen-bond acceptors (Lipinski definition) is 9. The van der Waals surface area contributed by atoms with E-state index in [0.29, 0.717) is 12.0 Å². The summed E-state index contributed by atoms with van der Waals surface area (Å²) in [5.74, 6) is -2.05. The molecule has 0 radical (unpaired) electrons. The van der Waals surface area contributed by atoms with Crippen molar-refractivity contribution in [1.29, 1.82) is 0 Å². The SMILES string of the molecule is CCCOC(=O)c1c(NC(=O)[C@H](C)Sc2nc(-c3ccccc3)cc(C(F)(F)F)n2)sc(C(=O)OC)c1C. The highest BCUT2D eigenvalue weighted by molar-refractivity contribution is 8.00. The molecule has 0 aliphatic rings. The minimum absolute atomic E-state index is 0.0103. The second kappa shape index (κ2) is 12.4. The number of anilines is 1. The zero-order chi connectivity index (χ0) is 28.0. The van der Waals surface area contributed by atoms with Crippen molar-refractivity contribution in [2.24, 2.45) is 0 Å². The number of nitrogens with zero attached hydrogens (tertiary/aromatic N) is 2. The molecule has 3 rings (SSSR count). The summed E-state index contributed by atoms with van der Waals surface area (Å²) in [7, 11) is 1.19. The highest BCUT2D eigenvalue weighted by Crippen LogP contribution is 2.36. The minimum atomic E-state index is -4.72. The zero-order valence-corrected chi connectivity index (χ0v) is 22.5. The molecule has 1 N–H and O–H groups in total. The molecule has 3 aromatic rings. The molecule has 1 atom stereocenters. The second-order valence-electron chi connectivity index (χ2n) is 7.92. The Morgan fingerprint density at radius 1 is 1.13 bits per heavy atom. The lowest BCUT2D eigenvalue weighted by molar-refractivity contribution is -0.141. The molecular weight excluding hydrogens is 543 g/mol. The van der Waals surface area contributed by atoms with Crippen molar-refractivity contribution in [1.82, 2.24) is 9.97 Å². The second-order valence-corrected chi connectivity index (χ2v) is 10.3. The van der Waals surface area contributed by atoms with Crippen LogP contribution in [-0.4, -0.2) is 46.8 Å². The summed E-state index contributed by atoms with van der Waals surface area (Å²) in [6.45, 7) is 4.94. The maximum atomic E-state index is 13.5. The van der Waals surface area contributed by atoms with Crippen molar-refractivity contribution in [3.05, 3.63) is 58.1 Å². The van der Waals surface area contributed by atoms with Crippen LogP contribution < -0.4 is 5.32 Å². The minimum Gasteiger partial charge on any atom is -0.465 e. The van der Waals surface area contributed by atoms with Crippen LogP contribution in [0.4, 0.5) is 18.2 Å². The van der Waals surface area contributed by atoms with Crippen LogP contribution in [-0.2, 0) is 20.4 Å². The third-order valence-electron chi connectivity index (χ3n) is 5.11. The number of hydrogen-bond donors (Lipinski definition) is 1. The lowest BCUT2D eigenvalue weighted by Gasteiger charge is -2.14. The Balaban J connectivity index is 1.89. The molecule has 0 aliphatic carbocycles. The van der Waals surface area contributed by atoms with Gasteiger partial charge in [-0.1, -0.05) is 49.0 Å². The highest BCUT2D eigenvalue weighted by atomic mass is 32.2. The molecule has 202 valence electrons. The number of carbonyl (C=O) groups excluding carboxylic acids is 3. The molecule has 13 heteroatoms. The number of aromatic nitrogens is 2. The molecule has 1 amide bonds. The number of halogens is 3. The van der Waals surface area contributed by atoms with Gasteiger partial charge in [-0.05, 0) is 31.9 Å². The normalized spacial score (nSPS) is 12.1. The molecule has 8 nitrogen and oxygen atoms in total. The third kappa shape index (κ3) is 6.90. The molecule has 0 spiro atoms. The van der Waals surface area contributed by atoms with Crippen molar-refractivity contribution in [3.63, 3.8) is 0 Å². The van der Waals surface area contributed by atoms with E-state index in [1.54, 1.807) is 30.3 Å². The van der Waals surface area contributed by atoms with Crippen molar-refractivity contribution >= 4 is 45.9 Å². The van der Waals surface area contributed by atoms with E-state index in [1.165, 1.54) is 21.0 Å². The van der Waals surface area contributed by atoms with Gasteiger partial charge in [0.2, 0.25) is 5.91 Å².